The van der Waals surface area contributed by atoms with Crippen molar-refractivity contribution in [2.75, 3.05) is 0 Å². The van der Waals surface area contributed by atoms with E-state index in [1.807, 2.05) is 12.1 Å². The molecule has 1 fully saturated rings. The molecule has 1 saturated carbocycles. The van der Waals surface area contributed by atoms with E-state index in [2.05, 4.69) is 12.1 Å². The molecule has 2 atom stereocenters. The third-order valence-corrected chi connectivity index (χ3v) is 3.59. The lowest BCUT2D eigenvalue weighted by atomic mass is 9.97. The van der Waals surface area contributed by atoms with Gasteiger partial charge in [-0.15, -0.1) is 0 Å². The van der Waals surface area contributed by atoms with Crippen molar-refractivity contribution < 1.29 is 5.11 Å². The molecule has 2 heteroatoms. The van der Waals surface area contributed by atoms with Crippen LogP contribution >= 0.6 is 11.6 Å². The quantitative estimate of drug-likeness (QED) is 0.834. The van der Waals surface area contributed by atoms with E-state index in [1.54, 1.807) is 0 Å². The third-order valence-electron chi connectivity index (χ3n) is 3.34. The summed E-state index contributed by atoms with van der Waals surface area (Å²) in [6.45, 7) is 0. The summed E-state index contributed by atoms with van der Waals surface area (Å²) in [6.07, 6.45) is 5.46. The first-order valence-corrected chi connectivity index (χ1v) is 6.06. The molecular formula is C13H17ClO. The number of rotatable bonds is 3. The van der Waals surface area contributed by atoms with Crippen LogP contribution in [0.4, 0.5) is 0 Å². The first-order valence-electron chi connectivity index (χ1n) is 5.68. The monoisotopic (exact) mass is 224 g/mol. The number of hydrogen-bond donors (Lipinski definition) is 1. The molecular weight excluding hydrogens is 208 g/mol. The molecule has 1 aromatic rings. The summed E-state index contributed by atoms with van der Waals surface area (Å²) in [6, 6.07) is 8.01. The summed E-state index contributed by atoms with van der Waals surface area (Å²) < 4.78 is 0. The van der Waals surface area contributed by atoms with E-state index in [4.69, 9.17) is 11.6 Å². The van der Waals surface area contributed by atoms with Gasteiger partial charge in [0.15, 0.2) is 0 Å². The fraction of sp³-hybridized carbons (Fsp3) is 0.538. The highest BCUT2D eigenvalue weighted by Crippen LogP contribution is 2.29. The van der Waals surface area contributed by atoms with E-state index < -0.39 is 0 Å². The summed E-state index contributed by atoms with van der Waals surface area (Å²) >= 11 is 5.82. The van der Waals surface area contributed by atoms with Gasteiger partial charge in [-0.3, -0.25) is 0 Å². The highest BCUT2D eigenvalue weighted by atomic mass is 35.5. The molecule has 0 aliphatic heterocycles. The van der Waals surface area contributed by atoms with Crippen LogP contribution in [0.3, 0.4) is 0 Å². The van der Waals surface area contributed by atoms with Crippen molar-refractivity contribution in [2.45, 2.75) is 38.2 Å². The first kappa shape index (κ1) is 11.0. The van der Waals surface area contributed by atoms with Gasteiger partial charge in [-0.05, 0) is 49.3 Å². The summed E-state index contributed by atoms with van der Waals surface area (Å²) in [5.74, 6) is 0.515. The molecule has 1 nitrogen and oxygen atoms in total. The van der Waals surface area contributed by atoms with Crippen molar-refractivity contribution in [3.8, 4) is 0 Å². The molecule has 2 rings (SSSR count). The maximum Gasteiger partial charge on any atom is 0.0568 e. The standard InChI is InChI=1S/C13H17ClO/c14-12-8-5-10(6-9-12)4-7-11-2-1-3-13(11)15/h5-6,8-9,11,13,15H,1-4,7H2. The van der Waals surface area contributed by atoms with E-state index in [0.717, 1.165) is 24.3 Å². The van der Waals surface area contributed by atoms with Crippen LogP contribution < -0.4 is 0 Å². The van der Waals surface area contributed by atoms with Crippen molar-refractivity contribution in [3.63, 3.8) is 0 Å². The molecule has 0 saturated heterocycles. The normalized spacial score (nSPS) is 25.7. The van der Waals surface area contributed by atoms with Gasteiger partial charge in [0.1, 0.15) is 0 Å². The Labute approximate surface area is 96.1 Å². The first-order chi connectivity index (χ1) is 7.25. The predicted octanol–water partition coefficient (Wildman–Crippen LogP) is 3.43. The second-order valence-corrected chi connectivity index (χ2v) is 4.86. The van der Waals surface area contributed by atoms with E-state index in [1.165, 1.54) is 18.4 Å². The fourth-order valence-corrected chi connectivity index (χ4v) is 2.48. The maximum atomic E-state index is 9.69. The number of aliphatic hydroxyl groups is 1. The topological polar surface area (TPSA) is 20.2 Å². The number of aliphatic hydroxyl groups excluding tert-OH is 1. The van der Waals surface area contributed by atoms with Crippen molar-refractivity contribution in [2.24, 2.45) is 5.92 Å². The Morgan fingerprint density at radius 2 is 1.93 bits per heavy atom. The lowest BCUT2D eigenvalue weighted by Gasteiger charge is -2.13. The van der Waals surface area contributed by atoms with E-state index >= 15 is 0 Å². The molecule has 15 heavy (non-hydrogen) atoms. The molecule has 1 aliphatic carbocycles. The number of benzene rings is 1. The molecule has 0 radical (unpaired) electrons. The summed E-state index contributed by atoms with van der Waals surface area (Å²) in [7, 11) is 0. The average molecular weight is 225 g/mol. The van der Waals surface area contributed by atoms with Gasteiger partial charge in [0.25, 0.3) is 0 Å². The number of hydrogen-bond acceptors (Lipinski definition) is 1. The average Bonchev–Trinajstić information content (AvgIpc) is 2.63. The Bertz CT molecular complexity index is 307. The Morgan fingerprint density at radius 1 is 1.20 bits per heavy atom. The lowest BCUT2D eigenvalue weighted by molar-refractivity contribution is 0.128. The molecule has 0 spiro atoms. The van der Waals surface area contributed by atoms with Gasteiger partial charge < -0.3 is 5.11 Å². The predicted molar refractivity (Wildman–Crippen MR) is 63.1 cm³/mol. The van der Waals surface area contributed by atoms with Gasteiger partial charge in [-0.25, -0.2) is 0 Å². The fourth-order valence-electron chi connectivity index (χ4n) is 2.36. The van der Waals surface area contributed by atoms with Crippen LogP contribution in [0.5, 0.6) is 0 Å². The van der Waals surface area contributed by atoms with Crippen molar-refractivity contribution in [3.05, 3.63) is 34.9 Å². The number of halogens is 1. The van der Waals surface area contributed by atoms with Crippen LogP contribution in [0.1, 0.15) is 31.2 Å². The van der Waals surface area contributed by atoms with Crippen LogP contribution in [-0.2, 0) is 6.42 Å². The molecule has 1 N–H and O–H groups in total. The van der Waals surface area contributed by atoms with Crippen LogP contribution in [0, 0.1) is 5.92 Å². The van der Waals surface area contributed by atoms with E-state index in [9.17, 15) is 5.11 Å². The van der Waals surface area contributed by atoms with Crippen molar-refractivity contribution >= 4 is 11.6 Å². The van der Waals surface area contributed by atoms with E-state index in [-0.39, 0.29) is 6.10 Å². The third kappa shape index (κ3) is 2.96. The second kappa shape index (κ2) is 5.00. The summed E-state index contributed by atoms with van der Waals surface area (Å²) in [4.78, 5) is 0. The minimum atomic E-state index is -0.0581. The zero-order valence-corrected chi connectivity index (χ0v) is 9.58. The zero-order valence-electron chi connectivity index (χ0n) is 8.82. The molecule has 0 bridgehead atoms. The van der Waals surface area contributed by atoms with Gasteiger partial charge in [-0.2, -0.15) is 0 Å². The van der Waals surface area contributed by atoms with Crippen LogP contribution in [-0.4, -0.2) is 11.2 Å². The van der Waals surface area contributed by atoms with Crippen molar-refractivity contribution in [1.29, 1.82) is 0 Å². The maximum absolute atomic E-state index is 9.69. The Morgan fingerprint density at radius 3 is 2.53 bits per heavy atom. The van der Waals surface area contributed by atoms with Crippen LogP contribution in [0.25, 0.3) is 0 Å². The molecule has 0 heterocycles. The highest BCUT2D eigenvalue weighted by molar-refractivity contribution is 6.30. The largest absolute Gasteiger partial charge is 0.393 e. The van der Waals surface area contributed by atoms with Crippen molar-refractivity contribution in [1.82, 2.24) is 0 Å². The molecule has 1 aromatic carbocycles. The van der Waals surface area contributed by atoms with Gasteiger partial charge >= 0.3 is 0 Å². The second-order valence-electron chi connectivity index (χ2n) is 4.42. The minimum Gasteiger partial charge on any atom is -0.393 e. The summed E-state index contributed by atoms with van der Waals surface area (Å²) in [5.41, 5.74) is 1.32. The minimum absolute atomic E-state index is 0.0581. The van der Waals surface area contributed by atoms with Gasteiger partial charge in [0.05, 0.1) is 6.10 Å². The molecule has 1 aliphatic rings. The van der Waals surface area contributed by atoms with Gasteiger partial charge in [-0.1, -0.05) is 30.2 Å². The Hall–Kier alpha value is -0.530. The lowest BCUT2D eigenvalue weighted by Crippen LogP contribution is -2.13. The highest BCUT2D eigenvalue weighted by Gasteiger charge is 2.24. The van der Waals surface area contributed by atoms with E-state index in [0.29, 0.717) is 5.92 Å². The molecule has 82 valence electrons. The summed E-state index contributed by atoms with van der Waals surface area (Å²) in [5, 5.41) is 10.5. The Kier molecular flexibility index (Phi) is 3.66. The molecule has 0 aromatic heterocycles. The van der Waals surface area contributed by atoms with Crippen LogP contribution in [0.2, 0.25) is 5.02 Å². The molecule has 2 unspecified atom stereocenters. The SMILES string of the molecule is OC1CCCC1CCc1ccc(Cl)cc1. The van der Waals surface area contributed by atoms with Crippen LogP contribution in [0.15, 0.2) is 24.3 Å². The Balaban J connectivity index is 1.85. The van der Waals surface area contributed by atoms with Gasteiger partial charge in [0, 0.05) is 5.02 Å². The number of aryl methyl sites for hydroxylation is 1. The molecule has 0 amide bonds. The smallest absolute Gasteiger partial charge is 0.0568 e. The van der Waals surface area contributed by atoms with Gasteiger partial charge in [0.2, 0.25) is 0 Å². The zero-order chi connectivity index (χ0) is 10.7.